The van der Waals surface area contributed by atoms with Crippen molar-refractivity contribution in [1.82, 2.24) is 4.98 Å². The average Bonchev–Trinajstić information content (AvgIpc) is 1.95. The van der Waals surface area contributed by atoms with Crippen molar-refractivity contribution in [1.29, 1.82) is 0 Å². The van der Waals surface area contributed by atoms with E-state index in [9.17, 15) is 4.39 Å². The number of halogens is 2. The summed E-state index contributed by atoms with van der Waals surface area (Å²) in [5.74, 6) is -0.468. The van der Waals surface area contributed by atoms with Crippen LogP contribution < -0.4 is 5.73 Å². The van der Waals surface area contributed by atoms with Gasteiger partial charge < -0.3 is 5.73 Å². The average molecular weight is 205 g/mol. The Hall–Kier alpha value is -0.640. The molecule has 1 aromatic rings. The monoisotopic (exact) mass is 204 g/mol. The molecule has 1 aromatic heterocycles. The van der Waals surface area contributed by atoms with Gasteiger partial charge in [-0.2, -0.15) is 0 Å². The van der Waals surface area contributed by atoms with Crippen LogP contribution in [0.25, 0.3) is 0 Å². The maximum Gasteiger partial charge on any atom is 0.164 e. The van der Waals surface area contributed by atoms with Crippen molar-refractivity contribution in [3.05, 3.63) is 23.8 Å². The van der Waals surface area contributed by atoms with Gasteiger partial charge in [0.25, 0.3) is 0 Å². The van der Waals surface area contributed by atoms with Gasteiger partial charge in [-0.15, -0.1) is 0 Å². The lowest BCUT2D eigenvalue weighted by atomic mass is 10.3. The summed E-state index contributed by atoms with van der Waals surface area (Å²) in [5, 5.41) is 0.595. The number of hydrogen-bond acceptors (Lipinski definition) is 2. The Kier molecular flexibility index (Phi) is 2.21. The van der Waals surface area contributed by atoms with E-state index in [0.717, 1.165) is 11.9 Å². The summed E-state index contributed by atoms with van der Waals surface area (Å²) >= 11 is 3.18. The van der Waals surface area contributed by atoms with Gasteiger partial charge in [-0.3, -0.25) is 4.98 Å². The molecule has 54 valence electrons. The summed E-state index contributed by atoms with van der Waals surface area (Å²) in [6.45, 7) is 0. The van der Waals surface area contributed by atoms with Crippen LogP contribution in [-0.4, -0.2) is 4.98 Å². The smallest absolute Gasteiger partial charge is 0.164 e. The number of pyridine rings is 1. The third-order valence-corrected chi connectivity index (χ3v) is 1.65. The van der Waals surface area contributed by atoms with E-state index in [4.69, 9.17) is 5.73 Å². The van der Waals surface area contributed by atoms with Gasteiger partial charge >= 0.3 is 0 Å². The summed E-state index contributed by atoms with van der Waals surface area (Å²) in [5.41, 5.74) is 6.14. The van der Waals surface area contributed by atoms with Gasteiger partial charge in [0.1, 0.15) is 0 Å². The molecule has 0 radical (unpaired) electrons. The molecule has 0 bridgehead atoms. The molecule has 1 heterocycles. The second-order valence-electron chi connectivity index (χ2n) is 1.83. The molecule has 0 aromatic carbocycles. The van der Waals surface area contributed by atoms with Crippen LogP contribution in [-0.2, 0) is 5.33 Å². The zero-order valence-electron chi connectivity index (χ0n) is 5.14. The number of nitrogens with zero attached hydrogens (tertiary/aromatic N) is 1. The van der Waals surface area contributed by atoms with E-state index < -0.39 is 5.82 Å². The van der Waals surface area contributed by atoms with E-state index in [2.05, 4.69) is 20.9 Å². The van der Waals surface area contributed by atoms with Gasteiger partial charge in [-0.05, 0) is 6.07 Å². The third kappa shape index (κ3) is 1.44. The van der Waals surface area contributed by atoms with E-state index in [1.165, 1.54) is 6.07 Å². The number of aromatic nitrogens is 1. The van der Waals surface area contributed by atoms with E-state index in [-0.39, 0.29) is 5.69 Å². The number of anilines is 1. The van der Waals surface area contributed by atoms with E-state index >= 15 is 0 Å². The second kappa shape index (κ2) is 2.96. The highest BCUT2D eigenvalue weighted by atomic mass is 79.9. The Bertz CT molecular complexity index is 239. The maximum atomic E-state index is 12.4. The quantitative estimate of drug-likeness (QED) is 0.708. The van der Waals surface area contributed by atoms with Crippen LogP contribution in [0.15, 0.2) is 12.3 Å². The summed E-state index contributed by atoms with van der Waals surface area (Å²) < 4.78 is 12.4. The first-order valence-corrected chi connectivity index (χ1v) is 3.82. The normalized spacial score (nSPS) is 9.80. The molecule has 2 nitrogen and oxygen atoms in total. The van der Waals surface area contributed by atoms with Crippen molar-refractivity contribution in [3.8, 4) is 0 Å². The van der Waals surface area contributed by atoms with Gasteiger partial charge in [-0.25, -0.2) is 4.39 Å². The maximum absolute atomic E-state index is 12.4. The molecule has 0 saturated carbocycles. The van der Waals surface area contributed by atoms with Crippen LogP contribution in [0.5, 0.6) is 0 Å². The highest BCUT2D eigenvalue weighted by Gasteiger charge is 1.98. The third-order valence-electron chi connectivity index (χ3n) is 1.08. The molecule has 4 heteroatoms. The molecule has 0 aliphatic heterocycles. The van der Waals surface area contributed by atoms with Crippen molar-refractivity contribution in [3.63, 3.8) is 0 Å². The minimum Gasteiger partial charge on any atom is -0.396 e. The molecule has 1 rings (SSSR count). The molecular weight excluding hydrogens is 199 g/mol. The standard InChI is InChI=1S/C6H6BrFN2/c7-2-4-1-6(9)5(8)3-10-4/h1,3H,2H2,(H2,9,10). The Morgan fingerprint density at radius 1 is 1.70 bits per heavy atom. The number of rotatable bonds is 1. The van der Waals surface area contributed by atoms with Crippen LogP contribution in [0, 0.1) is 5.82 Å². The van der Waals surface area contributed by atoms with Crippen molar-refractivity contribution in [2.45, 2.75) is 5.33 Å². The largest absolute Gasteiger partial charge is 0.396 e. The minimum atomic E-state index is -0.468. The highest BCUT2D eigenvalue weighted by Crippen LogP contribution is 2.10. The summed E-state index contributed by atoms with van der Waals surface area (Å²) in [4.78, 5) is 3.76. The molecule has 0 spiro atoms. The van der Waals surface area contributed by atoms with Crippen LogP contribution in [0.3, 0.4) is 0 Å². The van der Waals surface area contributed by atoms with Crippen molar-refractivity contribution >= 4 is 21.6 Å². The molecule has 0 fully saturated rings. The Morgan fingerprint density at radius 2 is 2.40 bits per heavy atom. The van der Waals surface area contributed by atoms with Gasteiger partial charge in [0.15, 0.2) is 5.82 Å². The zero-order valence-corrected chi connectivity index (χ0v) is 6.73. The fourth-order valence-electron chi connectivity index (χ4n) is 0.573. The Labute approximate surface area is 66.4 Å². The van der Waals surface area contributed by atoms with E-state index in [0.29, 0.717) is 5.33 Å². The lowest BCUT2D eigenvalue weighted by molar-refractivity contribution is 0.625. The first kappa shape index (κ1) is 7.47. The molecule has 0 atom stereocenters. The molecule has 0 amide bonds. The molecule has 2 N–H and O–H groups in total. The fraction of sp³-hybridized carbons (Fsp3) is 0.167. The Morgan fingerprint density at radius 3 is 2.90 bits per heavy atom. The molecule has 0 unspecified atom stereocenters. The van der Waals surface area contributed by atoms with Gasteiger partial charge in [0, 0.05) is 5.33 Å². The van der Waals surface area contributed by atoms with Crippen LogP contribution >= 0.6 is 15.9 Å². The first-order valence-electron chi connectivity index (χ1n) is 2.70. The number of alkyl halides is 1. The molecule has 0 saturated heterocycles. The van der Waals surface area contributed by atoms with Crippen molar-refractivity contribution < 1.29 is 4.39 Å². The fourth-order valence-corrected chi connectivity index (χ4v) is 0.880. The second-order valence-corrected chi connectivity index (χ2v) is 2.39. The topological polar surface area (TPSA) is 38.9 Å². The first-order chi connectivity index (χ1) is 4.74. The van der Waals surface area contributed by atoms with Crippen LogP contribution in [0.1, 0.15) is 5.69 Å². The predicted molar refractivity (Wildman–Crippen MR) is 41.2 cm³/mol. The number of hydrogen-bond donors (Lipinski definition) is 1. The van der Waals surface area contributed by atoms with E-state index in [1.807, 2.05) is 0 Å². The van der Waals surface area contributed by atoms with Crippen molar-refractivity contribution in [2.75, 3.05) is 5.73 Å². The predicted octanol–water partition coefficient (Wildman–Crippen LogP) is 1.70. The lowest BCUT2D eigenvalue weighted by Gasteiger charge is -1.96. The summed E-state index contributed by atoms with van der Waals surface area (Å²) in [6, 6.07) is 1.50. The summed E-state index contributed by atoms with van der Waals surface area (Å²) in [7, 11) is 0. The van der Waals surface area contributed by atoms with Crippen LogP contribution in [0.4, 0.5) is 10.1 Å². The van der Waals surface area contributed by atoms with Gasteiger partial charge in [-0.1, -0.05) is 15.9 Å². The molecule has 10 heavy (non-hydrogen) atoms. The van der Waals surface area contributed by atoms with Crippen molar-refractivity contribution in [2.24, 2.45) is 0 Å². The molecule has 0 aliphatic carbocycles. The number of nitrogens with two attached hydrogens (primary N) is 1. The highest BCUT2D eigenvalue weighted by molar-refractivity contribution is 9.08. The molecular formula is C6H6BrFN2. The zero-order chi connectivity index (χ0) is 7.56. The van der Waals surface area contributed by atoms with Gasteiger partial charge in [0.2, 0.25) is 0 Å². The number of nitrogen functional groups attached to an aromatic ring is 1. The lowest BCUT2D eigenvalue weighted by Crippen LogP contribution is -1.94. The van der Waals surface area contributed by atoms with E-state index in [1.54, 1.807) is 0 Å². The minimum absolute atomic E-state index is 0.143. The SMILES string of the molecule is Nc1cc(CBr)ncc1F. The van der Waals surface area contributed by atoms with Gasteiger partial charge in [0.05, 0.1) is 17.6 Å². The van der Waals surface area contributed by atoms with Crippen LogP contribution in [0.2, 0.25) is 0 Å². The Balaban J connectivity index is 3.04. The molecule has 0 aliphatic rings. The summed E-state index contributed by atoms with van der Waals surface area (Å²) in [6.07, 6.45) is 1.12.